The maximum atomic E-state index is 10.8. The highest BCUT2D eigenvalue weighted by Crippen LogP contribution is 2.68. The Bertz CT molecular complexity index is 612. The first-order valence-electron chi connectivity index (χ1n) is 16.9. The van der Waals surface area contributed by atoms with E-state index in [2.05, 4.69) is 48.5 Å². The van der Waals surface area contributed by atoms with E-state index in [0.717, 1.165) is 48.3 Å². The lowest BCUT2D eigenvalue weighted by Crippen LogP contribution is -2.53. The fourth-order valence-electron chi connectivity index (χ4n) is 9.21. The van der Waals surface area contributed by atoms with Crippen LogP contribution < -0.4 is 0 Å². The summed E-state index contributed by atoms with van der Waals surface area (Å²) in [4.78, 5) is 10.8. The number of unbranched alkanes of at least 4 members (excludes halogenated alkanes) is 2. The van der Waals surface area contributed by atoms with Gasteiger partial charge in [0.25, 0.3) is 0 Å². The molecule has 2 heteroatoms. The SMILES string of the molecule is CC.CCC.CCCC.C[C@H](CCCCC(=O)O)C1CCC2C3CCC4CCCCC4(C)C3CCC21C. The number of carbonyl (C=O) groups is 1. The van der Waals surface area contributed by atoms with Crippen molar-refractivity contribution in [3.8, 4) is 0 Å². The van der Waals surface area contributed by atoms with Gasteiger partial charge in [-0.1, -0.05) is 107 Å². The van der Waals surface area contributed by atoms with Crippen molar-refractivity contribution < 1.29 is 9.90 Å². The van der Waals surface area contributed by atoms with Gasteiger partial charge in [-0.25, -0.2) is 0 Å². The Labute approximate surface area is 233 Å². The number of carboxylic acid groups (broad SMARTS) is 1. The molecular formula is C35H68O2. The van der Waals surface area contributed by atoms with Gasteiger partial charge >= 0.3 is 5.97 Å². The molecule has 0 aromatic heterocycles. The van der Waals surface area contributed by atoms with E-state index in [1.165, 1.54) is 89.9 Å². The molecule has 0 bridgehead atoms. The van der Waals surface area contributed by atoms with Gasteiger partial charge in [0.2, 0.25) is 0 Å². The van der Waals surface area contributed by atoms with Gasteiger partial charge in [-0.05, 0) is 104 Å². The average molecular weight is 521 g/mol. The summed E-state index contributed by atoms with van der Waals surface area (Å²) in [5.41, 5.74) is 1.22. The molecular weight excluding hydrogens is 452 g/mol. The van der Waals surface area contributed by atoms with Crippen LogP contribution in [-0.4, -0.2) is 11.1 Å². The minimum atomic E-state index is -0.634. The quantitative estimate of drug-likeness (QED) is 0.339. The summed E-state index contributed by atoms with van der Waals surface area (Å²) in [5.74, 6) is 5.01. The van der Waals surface area contributed by atoms with Crippen LogP contribution in [0.5, 0.6) is 0 Å². The van der Waals surface area contributed by atoms with Crippen molar-refractivity contribution in [1.29, 1.82) is 0 Å². The van der Waals surface area contributed by atoms with Crippen LogP contribution in [0.3, 0.4) is 0 Å². The second kappa shape index (κ2) is 17.2. The second-order valence-electron chi connectivity index (χ2n) is 13.5. The molecule has 4 rings (SSSR count). The first-order valence-corrected chi connectivity index (χ1v) is 16.9. The first-order chi connectivity index (χ1) is 17.7. The predicted molar refractivity (Wildman–Crippen MR) is 163 cm³/mol. The normalized spacial score (nSPS) is 36.5. The molecule has 0 amide bonds. The number of fused-ring (bicyclic) bond motifs is 5. The Balaban J connectivity index is 0.000000670. The minimum Gasteiger partial charge on any atom is -0.481 e. The molecule has 1 N–H and O–H groups in total. The zero-order valence-electron chi connectivity index (χ0n) is 26.8. The van der Waals surface area contributed by atoms with Crippen LogP contribution in [-0.2, 0) is 4.79 Å². The van der Waals surface area contributed by atoms with Crippen LogP contribution in [0, 0.1) is 46.3 Å². The zero-order chi connectivity index (χ0) is 28.1. The number of hydrogen-bond donors (Lipinski definition) is 1. The zero-order valence-corrected chi connectivity index (χ0v) is 26.8. The van der Waals surface area contributed by atoms with E-state index < -0.39 is 5.97 Å². The summed E-state index contributed by atoms with van der Waals surface area (Å²) in [5, 5.41) is 8.90. The molecule has 0 radical (unpaired) electrons. The van der Waals surface area contributed by atoms with Gasteiger partial charge in [0.1, 0.15) is 0 Å². The monoisotopic (exact) mass is 521 g/mol. The smallest absolute Gasteiger partial charge is 0.303 e. The molecule has 8 atom stereocenters. The molecule has 4 saturated carbocycles. The molecule has 2 nitrogen and oxygen atoms in total. The summed E-state index contributed by atoms with van der Waals surface area (Å²) >= 11 is 0. The Morgan fingerprint density at radius 2 is 1.43 bits per heavy atom. The fraction of sp³-hybridized carbons (Fsp3) is 0.971. The molecule has 4 aliphatic carbocycles. The molecule has 7 unspecified atom stereocenters. The number of hydrogen-bond acceptors (Lipinski definition) is 1. The Kier molecular flexibility index (Phi) is 16.1. The van der Waals surface area contributed by atoms with E-state index in [-0.39, 0.29) is 0 Å². The van der Waals surface area contributed by atoms with E-state index in [9.17, 15) is 4.79 Å². The fourth-order valence-corrected chi connectivity index (χ4v) is 9.21. The molecule has 0 aromatic rings. The maximum absolute atomic E-state index is 10.8. The topological polar surface area (TPSA) is 37.3 Å². The highest BCUT2D eigenvalue weighted by Gasteiger charge is 2.59. The molecule has 0 saturated heterocycles. The average Bonchev–Trinajstić information content (AvgIpc) is 3.25. The van der Waals surface area contributed by atoms with Gasteiger partial charge in [-0.2, -0.15) is 0 Å². The second-order valence-corrected chi connectivity index (χ2v) is 13.5. The number of carboxylic acids is 1. The van der Waals surface area contributed by atoms with E-state index >= 15 is 0 Å². The number of aliphatic carboxylic acids is 1. The lowest BCUT2D eigenvalue weighted by atomic mass is 9.44. The lowest BCUT2D eigenvalue weighted by molar-refractivity contribution is -0.137. The molecule has 4 aliphatic rings. The van der Waals surface area contributed by atoms with Crippen LogP contribution in [0.2, 0.25) is 0 Å². The Hall–Kier alpha value is -0.530. The lowest BCUT2D eigenvalue weighted by Gasteiger charge is -2.61. The van der Waals surface area contributed by atoms with Crippen LogP contribution in [0.4, 0.5) is 0 Å². The van der Waals surface area contributed by atoms with Crippen molar-refractivity contribution in [3.05, 3.63) is 0 Å². The molecule has 0 heterocycles. The van der Waals surface area contributed by atoms with Crippen LogP contribution in [0.15, 0.2) is 0 Å². The Morgan fingerprint density at radius 1 is 0.811 bits per heavy atom. The largest absolute Gasteiger partial charge is 0.481 e. The third-order valence-corrected chi connectivity index (χ3v) is 11.1. The van der Waals surface area contributed by atoms with E-state index in [0.29, 0.717) is 17.3 Å². The van der Waals surface area contributed by atoms with Crippen molar-refractivity contribution in [3.63, 3.8) is 0 Å². The van der Waals surface area contributed by atoms with E-state index in [1.807, 2.05) is 13.8 Å². The molecule has 0 spiro atoms. The van der Waals surface area contributed by atoms with Gasteiger partial charge in [0.05, 0.1) is 0 Å². The summed E-state index contributed by atoms with van der Waals surface area (Å²) in [6.07, 6.45) is 22.3. The van der Waals surface area contributed by atoms with Crippen molar-refractivity contribution in [2.45, 2.75) is 171 Å². The molecule has 4 fully saturated rings. The van der Waals surface area contributed by atoms with Crippen LogP contribution in [0.1, 0.15) is 171 Å². The van der Waals surface area contributed by atoms with Crippen molar-refractivity contribution in [2.24, 2.45) is 46.3 Å². The molecule has 0 aromatic carbocycles. The van der Waals surface area contributed by atoms with Crippen molar-refractivity contribution >= 4 is 5.97 Å². The summed E-state index contributed by atoms with van der Waals surface area (Å²) in [6, 6.07) is 0. The van der Waals surface area contributed by atoms with Crippen molar-refractivity contribution in [2.75, 3.05) is 0 Å². The molecule has 37 heavy (non-hydrogen) atoms. The van der Waals surface area contributed by atoms with Gasteiger partial charge in [0.15, 0.2) is 0 Å². The molecule has 0 aliphatic heterocycles. The first kappa shape index (κ1) is 34.5. The third kappa shape index (κ3) is 8.73. The standard InChI is InChI=1S/C26H44O2.C4H10.C3H8.C2H6/c1-18(8-4-5-10-24(27)28)21-13-14-22-20-12-11-19-9-6-7-16-25(19,2)23(20)15-17-26(21,22)3;1-3-4-2;1-3-2;1-2/h18-23H,4-17H2,1-3H3,(H,27,28);3-4H2,1-2H3;3H2,1-2H3;1-2H3/t18-,19?,20?,21?,22?,23?,25?,26?;;;/m1.../s1. The van der Waals surface area contributed by atoms with E-state index in [4.69, 9.17) is 5.11 Å². The van der Waals surface area contributed by atoms with Crippen LogP contribution >= 0.6 is 0 Å². The highest BCUT2D eigenvalue weighted by atomic mass is 16.4. The highest BCUT2D eigenvalue weighted by molar-refractivity contribution is 5.66. The predicted octanol–water partition coefficient (Wildman–Crippen LogP) is 11.6. The van der Waals surface area contributed by atoms with Crippen molar-refractivity contribution in [1.82, 2.24) is 0 Å². The van der Waals surface area contributed by atoms with Gasteiger partial charge < -0.3 is 5.11 Å². The third-order valence-electron chi connectivity index (χ3n) is 11.1. The minimum absolute atomic E-state index is 0.348. The molecule has 220 valence electrons. The van der Waals surface area contributed by atoms with Gasteiger partial charge in [-0.15, -0.1) is 0 Å². The summed E-state index contributed by atoms with van der Waals surface area (Å²) in [7, 11) is 0. The van der Waals surface area contributed by atoms with Gasteiger partial charge in [-0.3, -0.25) is 4.79 Å². The van der Waals surface area contributed by atoms with Gasteiger partial charge in [0, 0.05) is 6.42 Å². The summed E-state index contributed by atoms with van der Waals surface area (Å²) in [6.45, 7) is 20.4. The van der Waals surface area contributed by atoms with Crippen LogP contribution in [0.25, 0.3) is 0 Å². The number of rotatable bonds is 7. The Morgan fingerprint density at radius 3 is 2.03 bits per heavy atom. The maximum Gasteiger partial charge on any atom is 0.303 e. The van der Waals surface area contributed by atoms with E-state index in [1.54, 1.807) is 0 Å². The summed E-state index contributed by atoms with van der Waals surface area (Å²) < 4.78 is 0.